The monoisotopic (exact) mass is 292 g/mol. The first-order valence-corrected chi connectivity index (χ1v) is 8.40. The fraction of sp³-hybridized carbons (Fsp3) is 0.875. The number of hydrogen-bond acceptors (Lipinski definition) is 3. The van der Waals surface area contributed by atoms with Gasteiger partial charge in [0.15, 0.2) is 0 Å². The van der Waals surface area contributed by atoms with Crippen molar-refractivity contribution >= 4 is 11.8 Å². The van der Waals surface area contributed by atoms with Crippen LogP contribution in [0.3, 0.4) is 0 Å². The summed E-state index contributed by atoms with van der Waals surface area (Å²) in [6.45, 7) is 1.47. The number of amides is 2. The van der Waals surface area contributed by atoms with E-state index in [0.29, 0.717) is 31.7 Å². The molecule has 3 heterocycles. The van der Waals surface area contributed by atoms with Gasteiger partial charge in [0, 0.05) is 31.6 Å². The normalized spacial score (nSPS) is 39.2. The number of aliphatic hydroxyl groups is 1. The molecule has 1 aliphatic carbocycles. The number of aliphatic hydroxyl groups excluding tert-OH is 1. The fourth-order valence-corrected chi connectivity index (χ4v) is 4.45. The lowest BCUT2D eigenvalue weighted by Crippen LogP contribution is -2.50. The Morgan fingerprint density at radius 2 is 1.81 bits per heavy atom. The van der Waals surface area contributed by atoms with Crippen molar-refractivity contribution in [1.29, 1.82) is 0 Å². The Morgan fingerprint density at radius 3 is 2.43 bits per heavy atom. The van der Waals surface area contributed by atoms with Crippen LogP contribution in [0.25, 0.3) is 0 Å². The molecule has 5 heteroatoms. The molecule has 5 nitrogen and oxygen atoms in total. The summed E-state index contributed by atoms with van der Waals surface area (Å²) in [6.07, 6.45) is 6.07. The van der Waals surface area contributed by atoms with Crippen molar-refractivity contribution in [3.05, 3.63) is 0 Å². The number of piperidine rings is 1. The average Bonchev–Trinajstić information content (AvgIpc) is 3.12. The number of likely N-dealkylation sites (tertiary alicyclic amines) is 1. The van der Waals surface area contributed by atoms with E-state index in [0.717, 1.165) is 19.4 Å². The number of rotatable bonds is 3. The van der Waals surface area contributed by atoms with Crippen molar-refractivity contribution < 1.29 is 14.7 Å². The van der Waals surface area contributed by atoms with E-state index in [1.54, 1.807) is 0 Å². The molecule has 0 aromatic rings. The van der Waals surface area contributed by atoms with E-state index in [9.17, 15) is 14.7 Å². The second-order valence-electron chi connectivity index (χ2n) is 7.40. The van der Waals surface area contributed by atoms with Gasteiger partial charge < -0.3 is 14.9 Å². The predicted molar refractivity (Wildman–Crippen MR) is 76.3 cm³/mol. The van der Waals surface area contributed by atoms with E-state index in [4.69, 9.17) is 0 Å². The van der Waals surface area contributed by atoms with E-state index >= 15 is 0 Å². The van der Waals surface area contributed by atoms with Crippen molar-refractivity contribution in [3.8, 4) is 0 Å². The topological polar surface area (TPSA) is 60.9 Å². The summed E-state index contributed by atoms with van der Waals surface area (Å²) in [5, 5.41) is 9.84. The number of carbonyl (C=O) groups is 2. The van der Waals surface area contributed by atoms with Crippen LogP contribution in [0.4, 0.5) is 0 Å². The van der Waals surface area contributed by atoms with E-state index in [1.807, 2.05) is 9.80 Å². The van der Waals surface area contributed by atoms with Crippen LogP contribution in [0.1, 0.15) is 44.9 Å². The Morgan fingerprint density at radius 1 is 1.14 bits per heavy atom. The molecule has 4 rings (SSSR count). The minimum Gasteiger partial charge on any atom is -0.393 e. The first kappa shape index (κ1) is 13.6. The molecule has 116 valence electrons. The van der Waals surface area contributed by atoms with Crippen LogP contribution < -0.4 is 0 Å². The van der Waals surface area contributed by atoms with Gasteiger partial charge in [-0.1, -0.05) is 0 Å². The van der Waals surface area contributed by atoms with E-state index in [1.165, 1.54) is 12.8 Å². The zero-order valence-electron chi connectivity index (χ0n) is 12.4. The molecular formula is C16H24N2O3. The lowest BCUT2D eigenvalue weighted by Gasteiger charge is -2.38. The fourth-order valence-electron chi connectivity index (χ4n) is 4.45. The highest BCUT2D eigenvalue weighted by molar-refractivity contribution is 5.89. The molecule has 0 spiro atoms. The van der Waals surface area contributed by atoms with Crippen LogP contribution in [0.15, 0.2) is 0 Å². The minimum atomic E-state index is -0.247. The van der Waals surface area contributed by atoms with Gasteiger partial charge in [-0.25, -0.2) is 0 Å². The lowest BCUT2D eigenvalue weighted by atomic mass is 9.97. The van der Waals surface area contributed by atoms with Crippen LogP contribution in [-0.4, -0.2) is 58.0 Å². The van der Waals surface area contributed by atoms with Crippen molar-refractivity contribution in [3.63, 3.8) is 0 Å². The Hall–Kier alpha value is -1.10. The maximum absolute atomic E-state index is 12.8. The van der Waals surface area contributed by atoms with Gasteiger partial charge in [-0.2, -0.15) is 0 Å². The number of nitrogens with zero attached hydrogens (tertiary/aromatic N) is 2. The van der Waals surface area contributed by atoms with Gasteiger partial charge in [-0.05, 0) is 44.4 Å². The molecule has 3 aliphatic heterocycles. The summed E-state index contributed by atoms with van der Waals surface area (Å²) in [4.78, 5) is 28.8. The highest BCUT2D eigenvalue weighted by Gasteiger charge is 2.47. The van der Waals surface area contributed by atoms with Crippen LogP contribution in [0, 0.1) is 11.8 Å². The molecule has 1 N–H and O–H groups in total. The molecule has 3 atom stereocenters. The summed E-state index contributed by atoms with van der Waals surface area (Å²) in [5.41, 5.74) is 0. The number of carbonyl (C=O) groups excluding carboxylic acids is 2. The van der Waals surface area contributed by atoms with E-state index in [2.05, 4.69) is 0 Å². The molecule has 0 radical (unpaired) electrons. The maximum atomic E-state index is 12.8. The predicted octanol–water partition coefficient (Wildman–Crippen LogP) is 0.759. The van der Waals surface area contributed by atoms with Gasteiger partial charge in [-0.3, -0.25) is 9.59 Å². The van der Waals surface area contributed by atoms with Crippen LogP contribution in [0.2, 0.25) is 0 Å². The molecule has 3 unspecified atom stereocenters. The van der Waals surface area contributed by atoms with Crippen molar-refractivity contribution in [2.75, 3.05) is 13.1 Å². The zero-order valence-corrected chi connectivity index (χ0v) is 12.4. The van der Waals surface area contributed by atoms with Gasteiger partial charge in [0.1, 0.15) is 0 Å². The summed E-state index contributed by atoms with van der Waals surface area (Å²) >= 11 is 0. The molecule has 0 aromatic carbocycles. The minimum absolute atomic E-state index is 0.144. The third-order valence-electron chi connectivity index (χ3n) is 5.70. The van der Waals surface area contributed by atoms with Crippen LogP contribution in [-0.2, 0) is 9.59 Å². The summed E-state index contributed by atoms with van der Waals surface area (Å²) in [7, 11) is 0. The highest BCUT2D eigenvalue weighted by atomic mass is 16.3. The van der Waals surface area contributed by atoms with Crippen LogP contribution in [0.5, 0.6) is 0 Å². The molecule has 21 heavy (non-hydrogen) atoms. The summed E-state index contributed by atoms with van der Waals surface area (Å²) < 4.78 is 0. The molecule has 3 saturated heterocycles. The van der Waals surface area contributed by atoms with Gasteiger partial charge in [-0.15, -0.1) is 0 Å². The summed E-state index contributed by atoms with van der Waals surface area (Å²) in [6, 6.07) is 0.415. The third kappa shape index (κ3) is 2.45. The molecule has 4 fully saturated rings. The first-order chi connectivity index (χ1) is 10.1. The Kier molecular flexibility index (Phi) is 3.21. The van der Waals surface area contributed by atoms with Crippen molar-refractivity contribution in [2.24, 2.45) is 11.8 Å². The molecule has 2 bridgehead atoms. The Labute approximate surface area is 125 Å². The standard InChI is InChI=1S/C16H24N2O3/c19-14-6-12-3-4-13(7-14)18(12)16(21)11-5-15(20)17(9-11)8-10-1-2-10/h10-14,19H,1-9H2. The first-order valence-electron chi connectivity index (χ1n) is 8.40. The second kappa shape index (κ2) is 4.97. The van der Waals surface area contributed by atoms with Crippen molar-refractivity contribution in [2.45, 2.75) is 63.1 Å². The summed E-state index contributed by atoms with van der Waals surface area (Å²) in [5.74, 6) is 0.865. The van der Waals surface area contributed by atoms with Crippen molar-refractivity contribution in [1.82, 2.24) is 9.80 Å². The van der Waals surface area contributed by atoms with E-state index < -0.39 is 0 Å². The quantitative estimate of drug-likeness (QED) is 0.835. The van der Waals surface area contributed by atoms with Crippen LogP contribution >= 0.6 is 0 Å². The molecule has 1 saturated carbocycles. The molecular weight excluding hydrogens is 268 g/mol. The SMILES string of the molecule is O=C1CC(C(=O)N2C3CCC2CC(O)C3)CN1CC1CC1. The molecule has 0 aromatic heterocycles. The Bertz CT molecular complexity index is 448. The smallest absolute Gasteiger partial charge is 0.228 e. The van der Waals surface area contributed by atoms with E-state index in [-0.39, 0.29) is 35.9 Å². The molecule has 2 amide bonds. The zero-order chi connectivity index (χ0) is 14.6. The third-order valence-corrected chi connectivity index (χ3v) is 5.70. The largest absolute Gasteiger partial charge is 0.393 e. The second-order valence-corrected chi connectivity index (χ2v) is 7.40. The van der Waals surface area contributed by atoms with Gasteiger partial charge in [0.2, 0.25) is 11.8 Å². The van der Waals surface area contributed by atoms with Gasteiger partial charge >= 0.3 is 0 Å². The van der Waals surface area contributed by atoms with Gasteiger partial charge in [0.05, 0.1) is 12.0 Å². The average molecular weight is 292 g/mol. The highest BCUT2D eigenvalue weighted by Crippen LogP contribution is 2.38. The Balaban J connectivity index is 1.42. The lowest BCUT2D eigenvalue weighted by molar-refractivity contribution is -0.141. The number of hydrogen-bond donors (Lipinski definition) is 1. The maximum Gasteiger partial charge on any atom is 0.228 e. The molecule has 4 aliphatic rings. The van der Waals surface area contributed by atoms with Gasteiger partial charge in [0.25, 0.3) is 0 Å². The number of fused-ring (bicyclic) bond motifs is 2.